The Kier molecular flexibility index (Phi) is 5.32. The summed E-state index contributed by atoms with van der Waals surface area (Å²) in [5.41, 5.74) is 12.8. The average molecular weight is 286 g/mol. The summed E-state index contributed by atoms with van der Waals surface area (Å²) in [6.45, 7) is 2.69. The van der Waals surface area contributed by atoms with Gasteiger partial charge in [-0.2, -0.15) is 0 Å². The van der Waals surface area contributed by atoms with Crippen molar-refractivity contribution in [2.24, 2.45) is 0 Å². The summed E-state index contributed by atoms with van der Waals surface area (Å²) in [7, 11) is 0. The molecular weight excluding hydrogens is 264 g/mol. The van der Waals surface area contributed by atoms with E-state index in [1.807, 2.05) is 55.5 Å². The molecule has 0 spiro atoms. The standard InChI is InChI=1S/C17H22N2O2/c1-13(21-17-9-3-7-15(19)12-17)5-4-10-20-16-8-2-6-14(18)11-16/h2-3,6-9,11-13H,4-5,10,18-19H2,1H3. The molecule has 1 atom stereocenters. The molecule has 0 saturated carbocycles. The predicted molar refractivity (Wildman–Crippen MR) is 86.5 cm³/mol. The van der Waals surface area contributed by atoms with E-state index in [9.17, 15) is 0 Å². The van der Waals surface area contributed by atoms with E-state index in [1.165, 1.54) is 0 Å². The lowest BCUT2D eigenvalue weighted by Gasteiger charge is -2.15. The van der Waals surface area contributed by atoms with Crippen molar-refractivity contribution in [1.82, 2.24) is 0 Å². The predicted octanol–water partition coefficient (Wildman–Crippen LogP) is 3.48. The van der Waals surface area contributed by atoms with E-state index in [1.54, 1.807) is 0 Å². The van der Waals surface area contributed by atoms with Crippen molar-refractivity contribution in [3.05, 3.63) is 48.5 Å². The van der Waals surface area contributed by atoms with E-state index in [2.05, 4.69) is 0 Å². The Labute approximate surface area is 125 Å². The maximum atomic E-state index is 5.81. The zero-order valence-electron chi connectivity index (χ0n) is 12.3. The quantitative estimate of drug-likeness (QED) is 0.604. The molecule has 0 aromatic heterocycles. The number of hydrogen-bond donors (Lipinski definition) is 2. The van der Waals surface area contributed by atoms with Gasteiger partial charge in [-0.15, -0.1) is 0 Å². The summed E-state index contributed by atoms with van der Waals surface area (Å²) in [5.74, 6) is 1.61. The van der Waals surface area contributed by atoms with Crippen LogP contribution in [0.5, 0.6) is 11.5 Å². The number of nitrogens with two attached hydrogens (primary N) is 2. The van der Waals surface area contributed by atoms with Crippen molar-refractivity contribution in [1.29, 1.82) is 0 Å². The number of ether oxygens (including phenoxy) is 2. The molecule has 0 amide bonds. The van der Waals surface area contributed by atoms with Gasteiger partial charge in [-0.25, -0.2) is 0 Å². The zero-order chi connectivity index (χ0) is 15.1. The Morgan fingerprint density at radius 1 is 0.952 bits per heavy atom. The third-order valence-corrected chi connectivity index (χ3v) is 3.08. The Hall–Kier alpha value is -2.36. The SMILES string of the molecule is CC(CCCOc1cccc(N)c1)Oc1cccc(N)c1. The topological polar surface area (TPSA) is 70.5 Å². The Morgan fingerprint density at radius 2 is 1.57 bits per heavy atom. The summed E-state index contributed by atoms with van der Waals surface area (Å²) >= 11 is 0. The second-order valence-electron chi connectivity index (χ2n) is 5.06. The first kappa shape index (κ1) is 15.0. The molecule has 0 aliphatic carbocycles. The highest BCUT2D eigenvalue weighted by molar-refractivity contribution is 5.44. The van der Waals surface area contributed by atoms with E-state index in [0.29, 0.717) is 18.0 Å². The number of rotatable bonds is 7. The van der Waals surface area contributed by atoms with Crippen LogP contribution < -0.4 is 20.9 Å². The molecule has 1 unspecified atom stereocenters. The minimum absolute atomic E-state index is 0.122. The van der Waals surface area contributed by atoms with Crippen molar-refractivity contribution in [2.75, 3.05) is 18.1 Å². The maximum Gasteiger partial charge on any atom is 0.121 e. The van der Waals surface area contributed by atoms with E-state index in [4.69, 9.17) is 20.9 Å². The van der Waals surface area contributed by atoms with Gasteiger partial charge in [-0.1, -0.05) is 12.1 Å². The minimum Gasteiger partial charge on any atom is -0.494 e. The number of anilines is 2. The molecule has 0 aliphatic heterocycles. The largest absolute Gasteiger partial charge is 0.494 e. The van der Waals surface area contributed by atoms with Crippen molar-refractivity contribution in [3.63, 3.8) is 0 Å². The fourth-order valence-electron chi connectivity index (χ4n) is 2.04. The van der Waals surface area contributed by atoms with Crippen LogP contribution in [0.3, 0.4) is 0 Å². The van der Waals surface area contributed by atoms with Crippen LogP contribution >= 0.6 is 0 Å². The lowest BCUT2D eigenvalue weighted by molar-refractivity contribution is 0.194. The van der Waals surface area contributed by atoms with Gasteiger partial charge in [-0.3, -0.25) is 0 Å². The third kappa shape index (κ3) is 5.26. The van der Waals surface area contributed by atoms with Gasteiger partial charge in [0.15, 0.2) is 0 Å². The lowest BCUT2D eigenvalue weighted by Crippen LogP contribution is -2.13. The smallest absolute Gasteiger partial charge is 0.121 e. The Balaban J connectivity index is 1.68. The normalized spacial score (nSPS) is 11.9. The van der Waals surface area contributed by atoms with Crippen LogP contribution in [0.1, 0.15) is 19.8 Å². The van der Waals surface area contributed by atoms with Gasteiger partial charge in [0, 0.05) is 23.5 Å². The molecule has 0 aliphatic rings. The molecule has 2 aromatic rings. The van der Waals surface area contributed by atoms with Crippen LogP contribution in [0.4, 0.5) is 11.4 Å². The van der Waals surface area contributed by atoms with E-state index in [0.717, 1.165) is 24.3 Å². The summed E-state index contributed by atoms with van der Waals surface area (Å²) < 4.78 is 11.5. The van der Waals surface area contributed by atoms with Crippen LogP contribution in [0, 0.1) is 0 Å². The van der Waals surface area contributed by atoms with Gasteiger partial charge in [0.1, 0.15) is 11.5 Å². The molecule has 0 heterocycles. The lowest BCUT2D eigenvalue weighted by atomic mass is 10.2. The number of hydrogen-bond acceptors (Lipinski definition) is 4. The van der Waals surface area contributed by atoms with Crippen molar-refractivity contribution in [2.45, 2.75) is 25.9 Å². The second-order valence-corrected chi connectivity index (χ2v) is 5.06. The van der Waals surface area contributed by atoms with Crippen LogP contribution in [0.2, 0.25) is 0 Å². The first-order valence-corrected chi connectivity index (χ1v) is 7.14. The molecule has 0 radical (unpaired) electrons. The number of benzene rings is 2. The zero-order valence-corrected chi connectivity index (χ0v) is 12.3. The van der Waals surface area contributed by atoms with Gasteiger partial charge in [0.05, 0.1) is 12.7 Å². The summed E-state index contributed by atoms with van der Waals surface area (Å²) in [6.07, 6.45) is 1.95. The fraction of sp³-hybridized carbons (Fsp3) is 0.294. The highest BCUT2D eigenvalue weighted by Crippen LogP contribution is 2.18. The molecule has 4 heteroatoms. The monoisotopic (exact) mass is 286 g/mol. The minimum atomic E-state index is 0.122. The maximum absolute atomic E-state index is 5.81. The molecular formula is C17H22N2O2. The molecule has 0 saturated heterocycles. The van der Waals surface area contributed by atoms with E-state index in [-0.39, 0.29) is 6.10 Å². The molecule has 2 aromatic carbocycles. The van der Waals surface area contributed by atoms with E-state index >= 15 is 0 Å². The highest BCUT2D eigenvalue weighted by Gasteiger charge is 2.04. The van der Waals surface area contributed by atoms with Gasteiger partial charge in [0.2, 0.25) is 0 Å². The molecule has 112 valence electrons. The molecule has 0 bridgehead atoms. The Bertz CT molecular complexity index is 572. The van der Waals surface area contributed by atoms with E-state index < -0.39 is 0 Å². The highest BCUT2D eigenvalue weighted by atomic mass is 16.5. The second kappa shape index (κ2) is 7.43. The molecule has 4 N–H and O–H groups in total. The van der Waals surface area contributed by atoms with Crippen LogP contribution in [0.15, 0.2) is 48.5 Å². The molecule has 2 rings (SSSR count). The molecule has 21 heavy (non-hydrogen) atoms. The van der Waals surface area contributed by atoms with Gasteiger partial charge >= 0.3 is 0 Å². The van der Waals surface area contributed by atoms with Crippen LogP contribution in [0.25, 0.3) is 0 Å². The van der Waals surface area contributed by atoms with Gasteiger partial charge < -0.3 is 20.9 Å². The third-order valence-electron chi connectivity index (χ3n) is 3.08. The summed E-state index contributed by atoms with van der Waals surface area (Å²) in [6, 6.07) is 14.9. The van der Waals surface area contributed by atoms with Gasteiger partial charge in [0.25, 0.3) is 0 Å². The Morgan fingerprint density at radius 3 is 2.24 bits per heavy atom. The fourth-order valence-corrected chi connectivity index (χ4v) is 2.04. The number of nitrogen functional groups attached to an aromatic ring is 2. The van der Waals surface area contributed by atoms with Crippen molar-refractivity contribution < 1.29 is 9.47 Å². The first-order chi connectivity index (χ1) is 10.1. The van der Waals surface area contributed by atoms with Crippen molar-refractivity contribution >= 4 is 11.4 Å². The molecule has 4 nitrogen and oxygen atoms in total. The summed E-state index contributed by atoms with van der Waals surface area (Å²) in [5, 5.41) is 0. The van der Waals surface area contributed by atoms with Crippen molar-refractivity contribution in [3.8, 4) is 11.5 Å². The first-order valence-electron chi connectivity index (χ1n) is 7.14. The van der Waals surface area contributed by atoms with Gasteiger partial charge in [-0.05, 0) is 44.0 Å². The van der Waals surface area contributed by atoms with Crippen LogP contribution in [-0.4, -0.2) is 12.7 Å². The average Bonchev–Trinajstić information content (AvgIpc) is 2.44. The summed E-state index contributed by atoms with van der Waals surface area (Å²) in [4.78, 5) is 0. The van der Waals surface area contributed by atoms with Crippen LogP contribution in [-0.2, 0) is 0 Å². The molecule has 0 fully saturated rings.